The highest BCUT2D eigenvalue weighted by atomic mass is 16.2. The lowest BCUT2D eigenvalue weighted by atomic mass is 9.80. The molecule has 1 saturated heterocycles. The number of nitrogens with one attached hydrogen (secondary N) is 1. The average Bonchev–Trinajstić information content (AvgIpc) is 2.87. The summed E-state index contributed by atoms with van der Waals surface area (Å²) in [6, 6.07) is 0. The Morgan fingerprint density at radius 2 is 2.11 bits per heavy atom. The zero-order valence-electron chi connectivity index (χ0n) is 12.1. The van der Waals surface area contributed by atoms with Gasteiger partial charge in [-0.15, -0.1) is 0 Å². The summed E-state index contributed by atoms with van der Waals surface area (Å²) in [5.74, 6) is 1.22. The van der Waals surface area contributed by atoms with Crippen LogP contribution in [0.3, 0.4) is 0 Å². The predicted molar refractivity (Wildman–Crippen MR) is 75.0 cm³/mol. The monoisotopic (exact) mass is 262 g/mol. The van der Waals surface area contributed by atoms with Crippen molar-refractivity contribution in [3.63, 3.8) is 0 Å². The summed E-state index contributed by atoms with van der Waals surface area (Å²) in [6.07, 6.45) is 4.19. The molecule has 1 aromatic rings. The van der Waals surface area contributed by atoms with Crippen LogP contribution in [0.5, 0.6) is 0 Å². The van der Waals surface area contributed by atoms with Gasteiger partial charge in [-0.2, -0.15) is 0 Å². The van der Waals surface area contributed by atoms with Gasteiger partial charge in [-0.1, -0.05) is 20.8 Å². The van der Waals surface area contributed by atoms with Crippen molar-refractivity contribution in [1.82, 2.24) is 14.9 Å². The van der Waals surface area contributed by atoms with Gasteiger partial charge in [0, 0.05) is 20.1 Å². The predicted octanol–water partition coefficient (Wildman–Crippen LogP) is 2.03. The Morgan fingerprint density at radius 3 is 2.58 bits per heavy atom. The lowest BCUT2D eigenvalue weighted by molar-refractivity contribution is 0.0770. The Hall–Kier alpha value is -1.65. The first-order chi connectivity index (χ1) is 8.91. The molecule has 19 heavy (non-hydrogen) atoms. The van der Waals surface area contributed by atoms with Gasteiger partial charge in [0.1, 0.15) is 11.5 Å². The van der Waals surface area contributed by atoms with Crippen LogP contribution in [-0.2, 0) is 0 Å². The fraction of sp³-hybridized carbons (Fsp3) is 0.643. The van der Waals surface area contributed by atoms with Crippen molar-refractivity contribution in [2.24, 2.45) is 11.3 Å². The molecule has 2 heterocycles. The van der Waals surface area contributed by atoms with E-state index in [1.807, 2.05) is 4.90 Å². The standard InChI is InChI=1S/C14H22N4O/c1-14(2,3)10-5-6-18(9-10)13(19)11-7-17-12(15-4)8-16-11/h7-8,10H,5-6,9H2,1-4H3,(H,15,17). The van der Waals surface area contributed by atoms with Gasteiger partial charge in [-0.3, -0.25) is 4.79 Å². The third-order valence-electron chi connectivity index (χ3n) is 3.83. The van der Waals surface area contributed by atoms with Crippen LogP contribution in [0.25, 0.3) is 0 Å². The highest BCUT2D eigenvalue weighted by Crippen LogP contribution is 2.33. The van der Waals surface area contributed by atoms with E-state index in [1.54, 1.807) is 19.4 Å². The van der Waals surface area contributed by atoms with Crippen LogP contribution in [-0.4, -0.2) is 40.9 Å². The number of amides is 1. The number of hydrogen-bond donors (Lipinski definition) is 1. The van der Waals surface area contributed by atoms with Crippen LogP contribution in [0.2, 0.25) is 0 Å². The van der Waals surface area contributed by atoms with Crippen molar-refractivity contribution in [2.45, 2.75) is 27.2 Å². The zero-order valence-corrected chi connectivity index (χ0v) is 12.1. The molecule has 1 aliphatic rings. The number of nitrogens with zero attached hydrogens (tertiary/aromatic N) is 3. The number of hydrogen-bond acceptors (Lipinski definition) is 4. The molecule has 5 nitrogen and oxygen atoms in total. The molecule has 0 saturated carbocycles. The second-order valence-corrected chi connectivity index (χ2v) is 6.14. The van der Waals surface area contributed by atoms with Gasteiger partial charge in [0.25, 0.3) is 5.91 Å². The lowest BCUT2D eigenvalue weighted by Crippen LogP contribution is -2.31. The molecule has 1 fully saturated rings. The van der Waals surface area contributed by atoms with Gasteiger partial charge < -0.3 is 10.2 Å². The first kappa shape index (κ1) is 13.8. The summed E-state index contributed by atoms with van der Waals surface area (Å²) < 4.78 is 0. The Bertz CT molecular complexity index is 450. The van der Waals surface area contributed by atoms with Crippen molar-refractivity contribution in [2.75, 3.05) is 25.5 Å². The molecule has 0 spiro atoms. The van der Waals surface area contributed by atoms with Gasteiger partial charge in [0.2, 0.25) is 0 Å². The third kappa shape index (κ3) is 3.03. The SMILES string of the molecule is CNc1cnc(C(=O)N2CCC(C(C)(C)C)C2)cn1. The van der Waals surface area contributed by atoms with Crippen LogP contribution in [0.4, 0.5) is 5.82 Å². The lowest BCUT2D eigenvalue weighted by Gasteiger charge is -2.26. The van der Waals surface area contributed by atoms with Gasteiger partial charge >= 0.3 is 0 Å². The topological polar surface area (TPSA) is 58.1 Å². The number of carbonyl (C=O) groups is 1. The van der Waals surface area contributed by atoms with Crippen LogP contribution in [0, 0.1) is 11.3 Å². The molecule has 1 amide bonds. The minimum atomic E-state index is -0.0121. The first-order valence-electron chi connectivity index (χ1n) is 6.71. The maximum absolute atomic E-state index is 12.3. The molecule has 0 aliphatic carbocycles. The molecule has 1 N–H and O–H groups in total. The number of rotatable bonds is 2. The molecule has 0 aromatic carbocycles. The molecule has 0 radical (unpaired) electrons. The highest BCUT2D eigenvalue weighted by Gasteiger charge is 2.34. The van der Waals surface area contributed by atoms with E-state index in [2.05, 4.69) is 36.1 Å². The van der Waals surface area contributed by atoms with E-state index in [-0.39, 0.29) is 11.3 Å². The maximum atomic E-state index is 12.3. The molecule has 5 heteroatoms. The summed E-state index contributed by atoms with van der Waals surface area (Å²) in [7, 11) is 1.78. The van der Waals surface area contributed by atoms with Crippen molar-refractivity contribution in [1.29, 1.82) is 0 Å². The molecule has 1 unspecified atom stereocenters. The number of carbonyl (C=O) groups excluding carboxylic acids is 1. The van der Waals surface area contributed by atoms with Gasteiger partial charge in [-0.25, -0.2) is 9.97 Å². The van der Waals surface area contributed by atoms with Crippen molar-refractivity contribution in [3.8, 4) is 0 Å². The largest absolute Gasteiger partial charge is 0.372 e. The Kier molecular flexibility index (Phi) is 3.73. The van der Waals surface area contributed by atoms with Crippen molar-refractivity contribution in [3.05, 3.63) is 18.1 Å². The summed E-state index contributed by atoms with van der Waals surface area (Å²) in [4.78, 5) is 22.5. The van der Waals surface area contributed by atoms with Crippen LogP contribution >= 0.6 is 0 Å². The van der Waals surface area contributed by atoms with Crippen molar-refractivity contribution >= 4 is 11.7 Å². The van der Waals surface area contributed by atoms with Gasteiger partial charge in [0.05, 0.1) is 12.4 Å². The van der Waals surface area contributed by atoms with Crippen LogP contribution < -0.4 is 5.32 Å². The summed E-state index contributed by atoms with van der Waals surface area (Å²) in [5, 5.41) is 2.89. The van der Waals surface area contributed by atoms with Gasteiger partial charge in [0.15, 0.2) is 0 Å². The molecule has 1 aliphatic heterocycles. The van der Waals surface area contributed by atoms with E-state index in [1.165, 1.54) is 0 Å². The quantitative estimate of drug-likeness (QED) is 0.886. The molecule has 1 atom stereocenters. The Balaban J connectivity index is 2.04. The third-order valence-corrected chi connectivity index (χ3v) is 3.83. The second-order valence-electron chi connectivity index (χ2n) is 6.14. The molecule has 1 aromatic heterocycles. The van der Waals surface area contributed by atoms with E-state index in [9.17, 15) is 4.79 Å². The Labute approximate surface area is 114 Å². The molecule has 0 bridgehead atoms. The normalized spacial score (nSPS) is 19.6. The van der Waals surface area contributed by atoms with E-state index in [4.69, 9.17) is 0 Å². The summed E-state index contributed by atoms with van der Waals surface area (Å²) in [5.41, 5.74) is 0.671. The highest BCUT2D eigenvalue weighted by molar-refractivity contribution is 5.92. The maximum Gasteiger partial charge on any atom is 0.274 e. The molecule has 2 rings (SSSR count). The fourth-order valence-electron chi connectivity index (χ4n) is 2.38. The van der Waals surface area contributed by atoms with Crippen LogP contribution in [0.1, 0.15) is 37.7 Å². The van der Waals surface area contributed by atoms with Crippen molar-refractivity contribution < 1.29 is 4.79 Å². The molecular formula is C14H22N4O. The number of aromatic nitrogens is 2. The zero-order chi connectivity index (χ0) is 14.0. The first-order valence-corrected chi connectivity index (χ1v) is 6.71. The van der Waals surface area contributed by atoms with E-state index in [0.717, 1.165) is 19.5 Å². The van der Waals surface area contributed by atoms with E-state index >= 15 is 0 Å². The minimum absolute atomic E-state index is 0.0121. The van der Waals surface area contributed by atoms with Crippen LogP contribution in [0.15, 0.2) is 12.4 Å². The molecular weight excluding hydrogens is 240 g/mol. The molecule has 104 valence electrons. The fourth-order valence-corrected chi connectivity index (χ4v) is 2.38. The smallest absolute Gasteiger partial charge is 0.274 e. The van der Waals surface area contributed by atoms with E-state index < -0.39 is 0 Å². The average molecular weight is 262 g/mol. The number of anilines is 1. The summed E-state index contributed by atoms with van der Waals surface area (Å²) in [6.45, 7) is 8.32. The second kappa shape index (κ2) is 5.15. The number of likely N-dealkylation sites (tertiary alicyclic amines) is 1. The van der Waals surface area contributed by atoms with E-state index in [0.29, 0.717) is 17.4 Å². The van der Waals surface area contributed by atoms with Gasteiger partial charge in [-0.05, 0) is 17.8 Å². The Morgan fingerprint density at radius 1 is 1.37 bits per heavy atom. The minimum Gasteiger partial charge on any atom is -0.372 e. The summed E-state index contributed by atoms with van der Waals surface area (Å²) >= 11 is 0.